The smallest absolute Gasteiger partial charge is 0.300 e. The highest BCUT2D eigenvalue weighted by Crippen LogP contribution is 2.30. The first-order valence-electron chi connectivity index (χ1n) is 5.20. The molecule has 1 aliphatic carbocycles. The molecule has 1 fully saturated rings. The maximum Gasteiger partial charge on any atom is 0.300 e. The van der Waals surface area contributed by atoms with Crippen LogP contribution in [0.2, 0.25) is 0 Å². The molecule has 0 bridgehead atoms. The third kappa shape index (κ3) is 4.16. The molecule has 2 rings (SSSR count). The largest absolute Gasteiger partial charge is 0.481 e. The quantitative estimate of drug-likeness (QED) is 0.597. The molecule has 3 N–H and O–H groups in total. The van der Waals surface area contributed by atoms with Gasteiger partial charge in [0.15, 0.2) is 0 Å². The number of aliphatic carboxylic acids is 1. The van der Waals surface area contributed by atoms with E-state index in [1.54, 1.807) is 5.01 Å². The Morgan fingerprint density at radius 1 is 1.40 bits per heavy atom. The molecule has 15 heavy (non-hydrogen) atoms. The molecule has 4 nitrogen and oxygen atoms in total. The zero-order valence-corrected chi connectivity index (χ0v) is 9.07. The molecule has 0 saturated heterocycles. The Bertz CT molecular complexity index is 291. The number of nitrogens with two attached hydrogens (primary N) is 1. The molecular weight excluding hydrogens is 192 g/mol. The van der Waals surface area contributed by atoms with Crippen molar-refractivity contribution in [1.82, 2.24) is 5.01 Å². The third-order valence-corrected chi connectivity index (χ3v) is 2.42. The van der Waals surface area contributed by atoms with Crippen LogP contribution in [0.25, 0.3) is 0 Å². The summed E-state index contributed by atoms with van der Waals surface area (Å²) < 4.78 is 0. The average Bonchev–Trinajstić information content (AvgIpc) is 2.16. The SMILES string of the molecule is CC(=O)O.NN1C=C2CCCCC2=CC1. The first kappa shape index (κ1) is 11.8. The van der Waals surface area contributed by atoms with Crippen LogP contribution in [0, 0.1) is 0 Å². The zero-order chi connectivity index (χ0) is 11.3. The van der Waals surface area contributed by atoms with Crippen LogP contribution in [-0.2, 0) is 4.79 Å². The number of carboxylic acids is 1. The molecular formula is C11H18N2O2. The lowest BCUT2D eigenvalue weighted by Crippen LogP contribution is -2.28. The second kappa shape index (κ2) is 5.56. The van der Waals surface area contributed by atoms with E-state index in [-0.39, 0.29) is 0 Å². The Hall–Kier alpha value is -1.29. The minimum absolute atomic E-state index is 0.833. The lowest BCUT2D eigenvalue weighted by atomic mass is 9.89. The molecule has 2 aliphatic rings. The van der Waals surface area contributed by atoms with Crippen LogP contribution in [0.4, 0.5) is 0 Å². The Morgan fingerprint density at radius 3 is 2.53 bits per heavy atom. The van der Waals surface area contributed by atoms with E-state index < -0.39 is 5.97 Å². The Kier molecular flexibility index (Phi) is 4.37. The van der Waals surface area contributed by atoms with Gasteiger partial charge in [0, 0.05) is 13.1 Å². The number of hydrazine groups is 1. The van der Waals surface area contributed by atoms with Crippen molar-refractivity contribution in [2.45, 2.75) is 32.6 Å². The molecule has 0 spiro atoms. The van der Waals surface area contributed by atoms with Gasteiger partial charge in [-0.2, -0.15) is 0 Å². The number of carboxylic acid groups (broad SMARTS) is 1. The summed E-state index contributed by atoms with van der Waals surface area (Å²) in [4.78, 5) is 9.00. The lowest BCUT2D eigenvalue weighted by molar-refractivity contribution is -0.134. The van der Waals surface area contributed by atoms with Crippen LogP contribution in [0.15, 0.2) is 23.4 Å². The predicted octanol–water partition coefficient (Wildman–Crippen LogP) is 1.65. The predicted molar refractivity (Wildman–Crippen MR) is 58.8 cm³/mol. The molecule has 0 aromatic rings. The molecule has 0 radical (unpaired) electrons. The number of carbonyl (C=O) groups is 1. The molecule has 0 amide bonds. The Balaban J connectivity index is 0.000000245. The van der Waals surface area contributed by atoms with Gasteiger partial charge >= 0.3 is 0 Å². The summed E-state index contributed by atoms with van der Waals surface area (Å²) in [5.74, 6) is 4.82. The molecule has 0 aromatic heterocycles. The van der Waals surface area contributed by atoms with E-state index in [0.717, 1.165) is 13.5 Å². The average molecular weight is 210 g/mol. The molecule has 1 saturated carbocycles. The van der Waals surface area contributed by atoms with Crippen molar-refractivity contribution in [3.05, 3.63) is 23.4 Å². The van der Waals surface area contributed by atoms with Crippen LogP contribution in [-0.4, -0.2) is 22.6 Å². The van der Waals surface area contributed by atoms with Gasteiger partial charge in [-0.05, 0) is 36.8 Å². The fourth-order valence-corrected chi connectivity index (χ4v) is 1.80. The maximum atomic E-state index is 9.00. The van der Waals surface area contributed by atoms with Gasteiger partial charge in [0.25, 0.3) is 5.97 Å². The van der Waals surface area contributed by atoms with Crippen LogP contribution >= 0.6 is 0 Å². The summed E-state index contributed by atoms with van der Waals surface area (Å²) in [6.07, 6.45) is 9.52. The minimum Gasteiger partial charge on any atom is -0.481 e. The zero-order valence-electron chi connectivity index (χ0n) is 9.07. The number of allylic oxidation sites excluding steroid dienone is 2. The summed E-state index contributed by atoms with van der Waals surface area (Å²) in [5.41, 5.74) is 3.00. The van der Waals surface area contributed by atoms with E-state index in [1.807, 2.05) is 0 Å². The van der Waals surface area contributed by atoms with Gasteiger partial charge in [-0.25, -0.2) is 5.84 Å². The molecule has 0 unspecified atom stereocenters. The molecule has 1 aliphatic heterocycles. The fraction of sp³-hybridized carbons (Fsp3) is 0.545. The standard InChI is InChI=1S/C9H14N2.C2H4O2/c10-11-6-5-8-3-1-2-4-9(8)7-11;1-2(3)4/h5,7H,1-4,6,10H2;1H3,(H,3,4). The van der Waals surface area contributed by atoms with Crippen molar-refractivity contribution in [3.63, 3.8) is 0 Å². The van der Waals surface area contributed by atoms with Gasteiger partial charge < -0.3 is 10.1 Å². The number of nitrogens with zero attached hydrogens (tertiary/aromatic N) is 1. The van der Waals surface area contributed by atoms with Crippen molar-refractivity contribution in [2.75, 3.05) is 6.54 Å². The van der Waals surface area contributed by atoms with E-state index in [2.05, 4.69) is 12.3 Å². The lowest BCUT2D eigenvalue weighted by Gasteiger charge is -2.25. The molecule has 1 heterocycles. The van der Waals surface area contributed by atoms with Crippen molar-refractivity contribution >= 4 is 5.97 Å². The maximum absolute atomic E-state index is 9.00. The summed E-state index contributed by atoms with van der Waals surface area (Å²) in [5, 5.41) is 9.18. The van der Waals surface area contributed by atoms with Crippen molar-refractivity contribution in [1.29, 1.82) is 0 Å². The molecule has 4 heteroatoms. The summed E-state index contributed by atoms with van der Waals surface area (Å²) in [6.45, 7) is 1.97. The normalized spacial score (nSPS) is 19.2. The van der Waals surface area contributed by atoms with E-state index >= 15 is 0 Å². The monoisotopic (exact) mass is 210 g/mol. The van der Waals surface area contributed by atoms with Gasteiger partial charge in [0.2, 0.25) is 0 Å². The van der Waals surface area contributed by atoms with Crippen LogP contribution in [0.5, 0.6) is 0 Å². The van der Waals surface area contributed by atoms with Gasteiger partial charge in [-0.3, -0.25) is 4.79 Å². The van der Waals surface area contributed by atoms with E-state index in [1.165, 1.54) is 36.8 Å². The van der Waals surface area contributed by atoms with E-state index in [4.69, 9.17) is 15.7 Å². The third-order valence-electron chi connectivity index (χ3n) is 2.42. The minimum atomic E-state index is -0.833. The van der Waals surface area contributed by atoms with Gasteiger partial charge in [-0.15, -0.1) is 0 Å². The van der Waals surface area contributed by atoms with Gasteiger partial charge in [0.05, 0.1) is 6.54 Å². The second-order valence-corrected chi connectivity index (χ2v) is 3.81. The molecule has 0 atom stereocenters. The summed E-state index contributed by atoms with van der Waals surface area (Å²) in [7, 11) is 0. The van der Waals surface area contributed by atoms with Crippen molar-refractivity contribution in [3.8, 4) is 0 Å². The van der Waals surface area contributed by atoms with E-state index in [9.17, 15) is 0 Å². The fourth-order valence-electron chi connectivity index (χ4n) is 1.80. The Morgan fingerprint density at radius 2 is 1.93 bits per heavy atom. The van der Waals surface area contributed by atoms with Gasteiger partial charge in [-0.1, -0.05) is 6.08 Å². The van der Waals surface area contributed by atoms with Crippen LogP contribution in [0.3, 0.4) is 0 Å². The number of rotatable bonds is 0. The Labute approximate surface area is 90.0 Å². The number of fused-ring (bicyclic) bond motifs is 1. The van der Waals surface area contributed by atoms with Crippen molar-refractivity contribution < 1.29 is 9.90 Å². The summed E-state index contributed by atoms with van der Waals surface area (Å²) >= 11 is 0. The van der Waals surface area contributed by atoms with Gasteiger partial charge in [0.1, 0.15) is 0 Å². The second-order valence-electron chi connectivity index (χ2n) is 3.81. The number of hydrogen-bond acceptors (Lipinski definition) is 3. The first-order chi connectivity index (χ1) is 7.09. The van der Waals surface area contributed by atoms with Crippen LogP contribution < -0.4 is 5.84 Å². The molecule has 84 valence electrons. The summed E-state index contributed by atoms with van der Waals surface area (Å²) in [6, 6.07) is 0. The highest BCUT2D eigenvalue weighted by atomic mass is 16.4. The first-order valence-corrected chi connectivity index (χ1v) is 5.20. The highest BCUT2D eigenvalue weighted by Gasteiger charge is 2.14. The highest BCUT2D eigenvalue weighted by molar-refractivity contribution is 5.62. The topological polar surface area (TPSA) is 66.6 Å². The molecule has 0 aromatic carbocycles. The van der Waals surface area contributed by atoms with Crippen molar-refractivity contribution in [2.24, 2.45) is 5.84 Å². The number of hydrogen-bond donors (Lipinski definition) is 2. The van der Waals surface area contributed by atoms with Crippen LogP contribution in [0.1, 0.15) is 32.6 Å². The van der Waals surface area contributed by atoms with E-state index in [0.29, 0.717) is 0 Å².